The zero-order chi connectivity index (χ0) is 26.7. The summed E-state index contributed by atoms with van der Waals surface area (Å²) in [5.74, 6) is 2.69. The van der Waals surface area contributed by atoms with Crippen molar-refractivity contribution in [1.82, 2.24) is 19.9 Å². The molecule has 7 rings (SSSR count). The Bertz CT molecular complexity index is 1670. The molecule has 5 heterocycles. The first-order valence-corrected chi connectivity index (χ1v) is 13.3. The van der Waals surface area contributed by atoms with E-state index in [0.29, 0.717) is 52.9 Å². The van der Waals surface area contributed by atoms with Crippen LogP contribution in [0.1, 0.15) is 38.7 Å². The Hall–Kier alpha value is -4.03. The van der Waals surface area contributed by atoms with Crippen molar-refractivity contribution in [2.75, 3.05) is 37.7 Å². The van der Waals surface area contributed by atoms with Gasteiger partial charge in [-0.25, -0.2) is 18.7 Å². The van der Waals surface area contributed by atoms with Gasteiger partial charge in [0.15, 0.2) is 0 Å². The number of anilines is 1. The topological polar surface area (TPSA) is 74.6 Å². The largest absolute Gasteiger partial charge is 0.508 e. The Kier molecular flexibility index (Phi) is 6.46. The molecule has 0 radical (unpaired) electrons. The maximum atomic E-state index is 14.7. The molecule has 3 fully saturated rings. The van der Waals surface area contributed by atoms with Gasteiger partial charge < -0.3 is 14.7 Å². The predicted molar refractivity (Wildman–Crippen MR) is 152 cm³/mol. The van der Waals surface area contributed by atoms with E-state index in [1.165, 1.54) is 6.07 Å². The van der Waals surface area contributed by atoms with Gasteiger partial charge >= 0.3 is 6.01 Å². The second kappa shape index (κ2) is 9.86. The highest BCUT2D eigenvalue weighted by Gasteiger charge is 2.49. The smallest absolute Gasteiger partial charge is 0.316 e. The second-order valence-corrected chi connectivity index (χ2v) is 10.8. The number of phenolic OH excluding ortho intramolecular Hbond substituents is 1. The van der Waals surface area contributed by atoms with Crippen molar-refractivity contribution in [2.24, 2.45) is 0 Å². The van der Waals surface area contributed by atoms with E-state index < -0.39 is 12.0 Å². The Balaban J connectivity index is 0.00000289. The number of terminal acetylenes is 1. The van der Waals surface area contributed by atoms with Crippen LogP contribution in [0.5, 0.6) is 11.8 Å². The molecule has 3 aliphatic heterocycles. The van der Waals surface area contributed by atoms with Crippen molar-refractivity contribution in [3.05, 3.63) is 47.9 Å². The lowest BCUT2D eigenvalue weighted by atomic mass is 9.95. The van der Waals surface area contributed by atoms with Crippen LogP contribution in [0, 0.1) is 18.2 Å². The molecular formula is C31H31F2N5O2. The molecule has 1 unspecified atom stereocenters. The minimum atomic E-state index is -0.839. The Morgan fingerprint density at radius 2 is 2.00 bits per heavy atom. The number of benzene rings is 2. The summed E-state index contributed by atoms with van der Waals surface area (Å²) >= 11 is 0. The number of pyridine rings is 1. The van der Waals surface area contributed by atoms with Crippen molar-refractivity contribution in [3.8, 4) is 35.4 Å². The van der Waals surface area contributed by atoms with E-state index in [1.54, 1.807) is 30.5 Å². The fourth-order valence-corrected chi connectivity index (χ4v) is 6.39. The minimum Gasteiger partial charge on any atom is -0.508 e. The zero-order valence-electron chi connectivity index (χ0n) is 21.3. The molecule has 2 atom stereocenters. The highest BCUT2D eigenvalue weighted by Crippen LogP contribution is 2.41. The average molecular weight is 544 g/mol. The van der Waals surface area contributed by atoms with E-state index in [0.717, 1.165) is 44.3 Å². The van der Waals surface area contributed by atoms with Gasteiger partial charge in [-0.3, -0.25) is 4.90 Å². The van der Waals surface area contributed by atoms with E-state index in [1.807, 2.05) is 0 Å². The standard InChI is InChI=1S/C30H27F2N5O2.CH4/c1-2-21-24(32)6-5-18-11-20(38)12-22(27(18)21)25-13-26-23(28(34-25)36-8-4-9-36)15-33-29(35-26)39-17-30-7-3-10-37(30)16-19(31)14-30;/h1,5-6,11-13,15,19,38H,3-4,7-10,14,16-17H2;1H4/t19?,30-;/m0./s1. The van der Waals surface area contributed by atoms with Gasteiger partial charge in [0.1, 0.15) is 30.2 Å². The molecule has 2 aromatic heterocycles. The fraction of sp³-hybridized carbons (Fsp3) is 0.387. The third-order valence-corrected chi connectivity index (χ3v) is 8.40. The van der Waals surface area contributed by atoms with Crippen molar-refractivity contribution >= 4 is 27.5 Å². The van der Waals surface area contributed by atoms with Crippen molar-refractivity contribution in [2.45, 2.75) is 44.8 Å². The maximum Gasteiger partial charge on any atom is 0.316 e. The summed E-state index contributed by atoms with van der Waals surface area (Å²) in [6.45, 7) is 3.36. The van der Waals surface area contributed by atoms with Crippen LogP contribution in [0.4, 0.5) is 14.6 Å². The van der Waals surface area contributed by atoms with Gasteiger partial charge in [0.25, 0.3) is 0 Å². The summed E-state index contributed by atoms with van der Waals surface area (Å²) in [5, 5.41) is 12.4. The quantitative estimate of drug-likeness (QED) is 0.335. The first-order chi connectivity index (χ1) is 18.9. The number of phenols is 1. The van der Waals surface area contributed by atoms with E-state index >= 15 is 0 Å². The summed E-state index contributed by atoms with van der Waals surface area (Å²) < 4.78 is 35.0. The first-order valence-electron chi connectivity index (χ1n) is 13.3. The molecule has 0 spiro atoms. The lowest BCUT2D eigenvalue weighted by Crippen LogP contribution is -2.43. The molecule has 0 saturated carbocycles. The van der Waals surface area contributed by atoms with Gasteiger partial charge in [0.2, 0.25) is 0 Å². The summed E-state index contributed by atoms with van der Waals surface area (Å²) in [5.41, 5.74) is 1.44. The molecule has 3 saturated heterocycles. The van der Waals surface area contributed by atoms with E-state index in [4.69, 9.17) is 21.1 Å². The SMILES string of the molecule is C.C#Cc1c(F)ccc2cc(O)cc(-c3cc4nc(OC[C@@]56CCCN5CC(F)C6)ncc4c(N4CCC4)n3)c12. The highest BCUT2D eigenvalue weighted by molar-refractivity contribution is 6.03. The normalized spacial score (nSPS) is 22.1. The lowest BCUT2D eigenvalue weighted by Gasteiger charge is -2.33. The van der Waals surface area contributed by atoms with Crippen LogP contribution >= 0.6 is 0 Å². The maximum absolute atomic E-state index is 14.7. The number of nitrogens with zero attached hydrogens (tertiary/aromatic N) is 5. The summed E-state index contributed by atoms with van der Waals surface area (Å²) in [4.78, 5) is 18.5. The third-order valence-electron chi connectivity index (χ3n) is 8.40. The van der Waals surface area contributed by atoms with Gasteiger partial charge in [-0.2, -0.15) is 4.98 Å². The van der Waals surface area contributed by atoms with E-state index in [9.17, 15) is 13.9 Å². The average Bonchev–Trinajstić information content (AvgIpc) is 3.41. The van der Waals surface area contributed by atoms with Gasteiger partial charge in [0, 0.05) is 43.2 Å². The Labute approximate surface area is 231 Å². The van der Waals surface area contributed by atoms with Crippen molar-refractivity contribution < 1.29 is 18.6 Å². The summed E-state index contributed by atoms with van der Waals surface area (Å²) in [6, 6.07) is 8.01. The highest BCUT2D eigenvalue weighted by atomic mass is 19.1. The molecule has 4 aromatic rings. The van der Waals surface area contributed by atoms with Gasteiger partial charge in [-0.15, -0.1) is 6.42 Å². The monoisotopic (exact) mass is 543 g/mol. The number of rotatable bonds is 5. The number of halogens is 2. The zero-order valence-corrected chi connectivity index (χ0v) is 21.3. The minimum absolute atomic E-state index is 0. The molecule has 0 bridgehead atoms. The molecule has 0 aliphatic carbocycles. The number of alkyl halides is 1. The fourth-order valence-electron chi connectivity index (χ4n) is 6.39. The second-order valence-electron chi connectivity index (χ2n) is 10.8. The van der Waals surface area contributed by atoms with Gasteiger partial charge in [-0.05, 0) is 55.5 Å². The molecule has 0 amide bonds. The van der Waals surface area contributed by atoms with Crippen LogP contribution < -0.4 is 9.64 Å². The number of aromatic nitrogens is 3. The van der Waals surface area contributed by atoms with Gasteiger partial charge in [0.05, 0.1) is 27.7 Å². The van der Waals surface area contributed by atoms with Crippen molar-refractivity contribution in [1.29, 1.82) is 0 Å². The molecule has 3 aliphatic rings. The van der Waals surface area contributed by atoms with E-state index in [2.05, 4.69) is 20.7 Å². The summed E-state index contributed by atoms with van der Waals surface area (Å²) in [6.07, 6.45) is 10.0. The van der Waals surface area contributed by atoms with E-state index in [-0.39, 0.29) is 30.3 Å². The number of hydrogen-bond donors (Lipinski definition) is 1. The molecule has 9 heteroatoms. The van der Waals surface area contributed by atoms with Crippen LogP contribution in [0.2, 0.25) is 0 Å². The number of aromatic hydroxyl groups is 1. The predicted octanol–water partition coefficient (Wildman–Crippen LogP) is 5.47. The number of fused-ring (bicyclic) bond motifs is 3. The Morgan fingerprint density at radius 3 is 2.77 bits per heavy atom. The number of ether oxygens (including phenoxy) is 1. The molecular weight excluding hydrogens is 512 g/mol. The van der Waals surface area contributed by atoms with Crippen LogP contribution in [0.15, 0.2) is 36.5 Å². The Morgan fingerprint density at radius 1 is 1.15 bits per heavy atom. The molecule has 1 N–H and O–H groups in total. The molecule has 2 aromatic carbocycles. The molecule has 7 nitrogen and oxygen atoms in total. The lowest BCUT2D eigenvalue weighted by molar-refractivity contribution is 0.107. The number of hydrogen-bond acceptors (Lipinski definition) is 7. The van der Waals surface area contributed by atoms with Gasteiger partial charge in [-0.1, -0.05) is 19.4 Å². The third kappa shape index (κ3) is 4.18. The van der Waals surface area contributed by atoms with Crippen LogP contribution in [0.25, 0.3) is 32.9 Å². The first kappa shape index (κ1) is 26.2. The molecule has 40 heavy (non-hydrogen) atoms. The van der Waals surface area contributed by atoms with Crippen LogP contribution in [-0.2, 0) is 0 Å². The summed E-state index contributed by atoms with van der Waals surface area (Å²) in [7, 11) is 0. The van der Waals surface area contributed by atoms with Crippen LogP contribution in [-0.4, -0.2) is 69.5 Å². The van der Waals surface area contributed by atoms with Crippen LogP contribution in [0.3, 0.4) is 0 Å². The van der Waals surface area contributed by atoms with Crippen molar-refractivity contribution in [3.63, 3.8) is 0 Å². The molecule has 206 valence electrons.